The van der Waals surface area contributed by atoms with Crippen LogP contribution in [0.4, 0.5) is 13.2 Å². The summed E-state index contributed by atoms with van der Waals surface area (Å²) in [6.07, 6.45) is -6.16. The maximum atomic E-state index is 12.9. The zero-order valence-electron chi connectivity index (χ0n) is 11.4. The third kappa shape index (κ3) is 3.64. The quantitative estimate of drug-likeness (QED) is 0.771. The number of esters is 1. The minimum Gasteiger partial charge on any atom is -0.481 e. The van der Waals surface area contributed by atoms with Gasteiger partial charge in [-0.2, -0.15) is 13.2 Å². The van der Waals surface area contributed by atoms with Gasteiger partial charge in [0, 0.05) is 19.5 Å². The molecule has 0 aromatic heterocycles. The fraction of sp³-hybridized carbons (Fsp3) is 0.750. The second-order valence-corrected chi connectivity index (χ2v) is 4.76. The van der Waals surface area contributed by atoms with Crippen LogP contribution in [0.2, 0.25) is 0 Å². The molecule has 0 aliphatic carbocycles. The molecule has 0 spiro atoms. The molecule has 1 fully saturated rings. The molecule has 1 unspecified atom stereocenters. The van der Waals surface area contributed by atoms with Crippen molar-refractivity contribution < 1.29 is 37.4 Å². The molecule has 0 saturated carbocycles. The predicted molar refractivity (Wildman–Crippen MR) is 63.2 cm³/mol. The Morgan fingerprint density at radius 1 is 1.29 bits per heavy atom. The number of rotatable bonds is 5. The minimum absolute atomic E-state index is 0.146. The molecule has 1 aliphatic rings. The van der Waals surface area contributed by atoms with Gasteiger partial charge in [-0.05, 0) is 13.3 Å². The topological polar surface area (TPSA) is 83.9 Å². The number of aliphatic carboxylic acids is 1. The fourth-order valence-corrected chi connectivity index (χ4v) is 2.15. The number of carbonyl (C=O) groups excluding carboxylic acids is 2. The maximum absolute atomic E-state index is 12.9. The number of ether oxygens (including phenoxy) is 1. The lowest BCUT2D eigenvalue weighted by Gasteiger charge is -2.27. The molecular weight excluding hydrogens is 295 g/mol. The summed E-state index contributed by atoms with van der Waals surface area (Å²) in [5, 5.41) is 8.85. The van der Waals surface area contributed by atoms with Crippen LogP contribution < -0.4 is 0 Å². The van der Waals surface area contributed by atoms with E-state index in [1.54, 1.807) is 6.92 Å². The van der Waals surface area contributed by atoms with Crippen LogP contribution in [0.15, 0.2) is 0 Å². The van der Waals surface area contributed by atoms with Gasteiger partial charge >= 0.3 is 18.1 Å². The smallest absolute Gasteiger partial charge is 0.406 e. The van der Waals surface area contributed by atoms with Crippen molar-refractivity contribution in [1.82, 2.24) is 4.90 Å². The lowest BCUT2D eigenvalue weighted by atomic mass is 9.86. The molecule has 0 radical (unpaired) electrons. The Labute approximate surface area is 118 Å². The molecule has 1 aliphatic heterocycles. The standard InChI is InChI=1S/C12H16F3NO5/c1-2-21-9(18)4-3-8(17)16-6-5-11(7-16,10(19)20)12(13,14)15/h2-7H2,1H3,(H,19,20). The summed E-state index contributed by atoms with van der Waals surface area (Å²) in [7, 11) is 0. The number of nitrogens with zero attached hydrogens (tertiary/aromatic N) is 1. The highest BCUT2D eigenvalue weighted by molar-refractivity contribution is 5.83. The molecule has 1 N–H and O–H groups in total. The molecule has 1 saturated heterocycles. The number of likely N-dealkylation sites (tertiary alicyclic amines) is 1. The van der Waals surface area contributed by atoms with E-state index in [0.29, 0.717) is 0 Å². The van der Waals surface area contributed by atoms with Crippen LogP contribution in [-0.4, -0.2) is 53.7 Å². The largest absolute Gasteiger partial charge is 0.481 e. The van der Waals surface area contributed by atoms with Crippen molar-refractivity contribution in [3.05, 3.63) is 0 Å². The van der Waals surface area contributed by atoms with Crippen LogP contribution in [0, 0.1) is 5.41 Å². The van der Waals surface area contributed by atoms with Gasteiger partial charge < -0.3 is 14.7 Å². The van der Waals surface area contributed by atoms with Crippen LogP contribution in [0.1, 0.15) is 26.2 Å². The summed E-state index contributed by atoms with van der Waals surface area (Å²) in [6, 6.07) is 0. The van der Waals surface area contributed by atoms with E-state index >= 15 is 0 Å². The van der Waals surface area contributed by atoms with Gasteiger partial charge in [0.25, 0.3) is 0 Å². The molecule has 0 aromatic carbocycles. The third-order valence-corrected chi connectivity index (χ3v) is 3.42. The highest BCUT2D eigenvalue weighted by Gasteiger charge is 2.64. The summed E-state index contributed by atoms with van der Waals surface area (Å²) in [6.45, 7) is 0.513. The normalized spacial score (nSPS) is 22.2. The van der Waals surface area contributed by atoms with E-state index < -0.39 is 42.4 Å². The van der Waals surface area contributed by atoms with Crippen LogP contribution in [0.25, 0.3) is 0 Å². The fourth-order valence-electron chi connectivity index (χ4n) is 2.15. The molecule has 0 bridgehead atoms. The average molecular weight is 311 g/mol. The highest BCUT2D eigenvalue weighted by Crippen LogP contribution is 2.45. The Balaban J connectivity index is 2.66. The second-order valence-electron chi connectivity index (χ2n) is 4.76. The average Bonchev–Trinajstić information content (AvgIpc) is 2.82. The van der Waals surface area contributed by atoms with Crippen LogP contribution in [0.3, 0.4) is 0 Å². The zero-order chi connectivity index (χ0) is 16.3. The lowest BCUT2D eigenvalue weighted by Crippen LogP contribution is -2.47. The van der Waals surface area contributed by atoms with E-state index in [0.717, 1.165) is 4.90 Å². The summed E-state index contributed by atoms with van der Waals surface area (Å²) < 4.78 is 43.4. The first-order valence-corrected chi connectivity index (χ1v) is 6.37. The minimum atomic E-state index is -4.94. The third-order valence-electron chi connectivity index (χ3n) is 3.42. The Hall–Kier alpha value is -1.80. The first-order chi connectivity index (χ1) is 9.64. The first kappa shape index (κ1) is 17.3. The van der Waals surface area contributed by atoms with Gasteiger partial charge in [0.2, 0.25) is 5.91 Å². The van der Waals surface area contributed by atoms with Crippen molar-refractivity contribution in [2.24, 2.45) is 5.41 Å². The molecule has 0 aromatic rings. The Morgan fingerprint density at radius 3 is 2.33 bits per heavy atom. The predicted octanol–water partition coefficient (Wildman–Crippen LogP) is 1.20. The van der Waals surface area contributed by atoms with Gasteiger partial charge in [-0.15, -0.1) is 0 Å². The van der Waals surface area contributed by atoms with Crippen molar-refractivity contribution in [3.8, 4) is 0 Å². The molecule has 1 heterocycles. The van der Waals surface area contributed by atoms with Crippen molar-refractivity contribution in [3.63, 3.8) is 0 Å². The second kappa shape index (κ2) is 6.31. The number of alkyl halides is 3. The van der Waals surface area contributed by atoms with E-state index in [4.69, 9.17) is 5.11 Å². The van der Waals surface area contributed by atoms with Crippen molar-refractivity contribution in [2.45, 2.75) is 32.4 Å². The van der Waals surface area contributed by atoms with E-state index in [2.05, 4.69) is 4.74 Å². The molecule has 9 heteroatoms. The number of amides is 1. The maximum Gasteiger partial charge on any atom is 0.406 e. The molecule has 1 atom stereocenters. The van der Waals surface area contributed by atoms with Crippen molar-refractivity contribution in [1.29, 1.82) is 0 Å². The lowest BCUT2D eigenvalue weighted by molar-refractivity contribution is -0.227. The zero-order valence-corrected chi connectivity index (χ0v) is 11.4. The van der Waals surface area contributed by atoms with Crippen LogP contribution in [-0.2, 0) is 19.1 Å². The Kier molecular flexibility index (Phi) is 5.19. The summed E-state index contributed by atoms with van der Waals surface area (Å²) in [5.74, 6) is -3.29. The molecule has 21 heavy (non-hydrogen) atoms. The first-order valence-electron chi connectivity index (χ1n) is 6.37. The van der Waals surface area contributed by atoms with Gasteiger partial charge in [0.15, 0.2) is 5.41 Å². The summed E-state index contributed by atoms with van der Waals surface area (Å²) in [5.41, 5.74) is -2.92. The number of carboxylic acids is 1. The van der Waals surface area contributed by atoms with E-state index in [1.165, 1.54) is 0 Å². The molecular formula is C12H16F3NO5. The SMILES string of the molecule is CCOC(=O)CCC(=O)N1CCC(C(=O)O)(C(F)(F)F)C1. The number of hydrogen-bond donors (Lipinski definition) is 1. The number of hydrogen-bond acceptors (Lipinski definition) is 4. The number of halogens is 3. The Bertz CT molecular complexity index is 437. The van der Waals surface area contributed by atoms with Crippen LogP contribution in [0.5, 0.6) is 0 Å². The molecule has 120 valence electrons. The molecule has 6 nitrogen and oxygen atoms in total. The van der Waals surface area contributed by atoms with Gasteiger partial charge in [-0.3, -0.25) is 14.4 Å². The van der Waals surface area contributed by atoms with E-state index in [1.807, 2.05) is 0 Å². The van der Waals surface area contributed by atoms with Gasteiger partial charge in [-0.1, -0.05) is 0 Å². The molecule has 1 amide bonds. The van der Waals surface area contributed by atoms with Crippen LogP contribution >= 0.6 is 0 Å². The number of carbonyl (C=O) groups is 3. The van der Waals surface area contributed by atoms with E-state index in [-0.39, 0.29) is 26.0 Å². The van der Waals surface area contributed by atoms with Gasteiger partial charge in [0.05, 0.1) is 13.0 Å². The van der Waals surface area contributed by atoms with Gasteiger partial charge in [-0.25, -0.2) is 0 Å². The van der Waals surface area contributed by atoms with Crippen molar-refractivity contribution >= 4 is 17.8 Å². The highest BCUT2D eigenvalue weighted by atomic mass is 19.4. The van der Waals surface area contributed by atoms with Gasteiger partial charge in [0.1, 0.15) is 0 Å². The monoisotopic (exact) mass is 311 g/mol. The number of carboxylic acid groups (broad SMARTS) is 1. The molecule has 1 rings (SSSR count). The summed E-state index contributed by atoms with van der Waals surface area (Å²) in [4.78, 5) is 34.6. The Morgan fingerprint density at radius 2 is 1.90 bits per heavy atom. The van der Waals surface area contributed by atoms with Crippen molar-refractivity contribution in [2.75, 3.05) is 19.7 Å². The summed E-state index contributed by atoms with van der Waals surface area (Å²) >= 11 is 0. The van der Waals surface area contributed by atoms with E-state index in [9.17, 15) is 27.6 Å².